The summed E-state index contributed by atoms with van der Waals surface area (Å²) in [5.41, 5.74) is -0.236. The van der Waals surface area contributed by atoms with Crippen LogP contribution in [0.15, 0.2) is 0 Å². The van der Waals surface area contributed by atoms with Gasteiger partial charge in [-0.25, -0.2) is 0 Å². The van der Waals surface area contributed by atoms with Gasteiger partial charge in [0.25, 0.3) is 0 Å². The van der Waals surface area contributed by atoms with Gasteiger partial charge >= 0.3 is 0 Å². The van der Waals surface area contributed by atoms with Gasteiger partial charge < -0.3 is 4.74 Å². The van der Waals surface area contributed by atoms with Crippen LogP contribution in [0.2, 0.25) is 0 Å². The Bertz CT molecular complexity index is 400. The van der Waals surface area contributed by atoms with Crippen LogP contribution in [0.3, 0.4) is 0 Å². The summed E-state index contributed by atoms with van der Waals surface area (Å²) in [6.07, 6.45) is 4.44. The van der Waals surface area contributed by atoms with Crippen LogP contribution in [0.25, 0.3) is 0 Å². The fraction of sp³-hybridized carbons (Fsp3) is 0.933. The maximum Gasteiger partial charge on any atom is 0.167 e. The summed E-state index contributed by atoms with van der Waals surface area (Å²) in [7, 11) is 0. The SMILES string of the molecule is CC1(C)CCC[C@@]2(C)[C@@H]1CC(=O)[C@@]1(C)O[C@@]21C. The van der Waals surface area contributed by atoms with E-state index in [0.29, 0.717) is 11.7 Å². The highest BCUT2D eigenvalue weighted by Crippen LogP contribution is 2.71. The maximum atomic E-state index is 12.3. The molecule has 1 aliphatic heterocycles. The van der Waals surface area contributed by atoms with Crippen LogP contribution in [-0.4, -0.2) is 17.0 Å². The average Bonchev–Trinajstić information content (AvgIpc) is 2.78. The molecule has 2 heteroatoms. The van der Waals surface area contributed by atoms with Crippen LogP contribution < -0.4 is 0 Å². The monoisotopic (exact) mass is 236 g/mol. The molecule has 0 spiro atoms. The van der Waals surface area contributed by atoms with Crippen molar-refractivity contribution in [2.75, 3.05) is 0 Å². The first-order valence-electron chi connectivity index (χ1n) is 6.91. The summed E-state index contributed by atoms with van der Waals surface area (Å²) in [5, 5.41) is 0. The van der Waals surface area contributed by atoms with Crippen LogP contribution in [0, 0.1) is 16.7 Å². The highest BCUT2D eigenvalue weighted by atomic mass is 16.6. The Kier molecular flexibility index (Phi) is 1.92. The lowest BCUT2D eigenvalue weighted by Gasteiger charge is -2.55. The smallest absolute Gasteiger partial charge is 0.167 e. The molecule has 0 aromatic rings. The number of epoxide rings is 1. The second-order valence-corrected chi connectivity index (χ2v) is 7.61. The molecule has 0 aromatic heterocycles. The summed E-state index contributed by atoms with van der Waals surface area (Å²) in [5.74, 6) is 0.814. The van der Waals surface area contributed by atoms with Gasteiger partial charge in [-0.3, -0.25) is 4.79 Å². The lowest BCUT2D eigenvalue weighted by atomic mass is 9.46. The number of rotatable bonds is 0. The molecule has 0 bridgehead atoms. The first-order chi connectivity index (χ1) is 7.67. The van der Waals surface area contributed by atoms with E-state index in [1.807, 2.05) is 6.92 Å². The van der Waals surface area contributed by atoms with Crippen molar-refractivity contribution in [1.29, 1.82) is 0 Å². The van der Waals surface area contributed by atoms with Gasteiger partial charge in [-0.1, -0.05) is 27.2 Å². The Morgan fingerprint density at radius 3 is 2.41 bits per heavy atom. The van der Waals surface area contributed by atoms with Gasteiger partial charge in [0.1, 0.15) is 5.60 Å². The molecule has 0 amide bonds. The molecule has 4 atom stereocenters. The minimum absolute atomic E-state index is 0.178. The van der Waals surface area contributed by atoms with Crippen LogP contribution >= 0.6 is 0 Å². The van der Waals surface area contributed by atoms with Crippen molar-refractivity contribution in [3.05, 3.63) is 0 Å². The van der Waals surface area contributed by atoms with Gasteiger partial charge in [0.15, 0.2) is 11.4 Å². The molecule has 0 N–H and O–H groups in total. The first-order valence-corrected chi connectivity index (χ1v) is 6.91. The van der Waals surface area contributed by atoms with Crippen molar-refractivity contribution in [2.45, 2.75) is 71.5 Å². The summed E-state index contributed by atoms with van der Waals surface area (Å²) >= 11 is 0. The number of Topliss-reactive ketones (excluding diaryl/α,β-unsaturated/α-hetero) is 1. The molecule has 2 nitrogen and oxygen atoms in total. The van der Waals surface area contributed by atoms with Gasteiger partial charge in [0.2, 0.25) is 0 Å². The fourth-order valence-electron chi connectivity index (χ4n) is 4.94. The van der Waals surface area contributed by atoms with Crippen molar-refractivity contribution in [2.24, 2.45) is 16.7 Å². The lowest BCUT2D eigenvalue weighted by molar-refractivity contribution is -0.134. The zero-order chi connectivity index (χ0) is 12.7. The molecule has 2 saturated carbocycles. The Labute approximate surface area is 104 Å². The number of carbonyl (C=O) groups is 1. The van der Waals surface area contributed by atoms with Gasteiger partial charge in [-0.05, 0) is 38.0 Å². The predicted molar refractivity (Wildman–Crippen MR) is 66.7 cm³/mol. The summed E-state index contributed by atoms with van der Waals surface area (Å²) in [6.45, 7) is 11.2. The topological polar surface area (TPSA) is 29.6 Å². The third-order valence-corrected chi connectivity index (χ3v) is 6.52. The third kappa shape index (κ3) is 1.09. The van der Waals surface area contributed by atoms with E-state index in [2.05, 4.69) is 27.7 Å². The number of ketones is 1. The van der Waals surface area contributed by atoms with Crippen LogP contribution in [0.5, 0.6) is 0 Å². The van der Waals surface area contributed by atoms with Crippen molar-refractivity contribution < 1.29 is 9.53 Å². The second-order valence-electron chi connectivity index (χ2n) is 7.61. The van der Waals surface area contributed by atoms with Crippen LogP contribution in [0.4, 0.5) is 0 Å². The third-order valence-electron chi connectivity index (χ3n) is 6.52. The quantitative estimate of drug-likeness (QED) is 0.604. The highest BCUT2D eigenvalue weighted by molar-refractivity contribution is 5.93. The molecule has 1 heterocycles. The van der Waals surface area contributed by atoms with Gasteiger partial charge in [-0.15, -0.1) is 0 Å². The standard InChI is InChI=1S/C15H24O2/c1-12(2)7-6-8-13(3)10(12)9-11(16)14(4)15(13,5)17-14/h10H,6-9H2,1-5H3/t10-,13+,14-,15+/m1/s1. The number of hydrogen-bond acceptors (Lipinski definition) is 2. The number of fused-ring (bicyclic) bond motifs is 3. The van der Waals surface area contributed by atoms with E-state index >= 15 is 0 Å². The van der Waals surface area contributed by atoms with Crippen molar-refractivity contribution in [3.63, 3.8) is 0 Å². The second kappa shape index (κ2) is 2.79. The van der Waals surface area contributed by atoms with E-state index in [-0.39, 0.29) is 16.4 Å². The van der Waals surface area contributed by atoms with Crippen LogP contribution in [-0.2, 0) is 9.53 Å². The van der Waals surface area contributed by atoms with E-state index in [9.17, 15) is 4.79 Å². The predicted octanol–water partition coefficient (Wildman–Crippen LogP) is 3.34. The highest BCUT2D eigenvalue weighted by Gasteiger charge is 2.80. The molecule has 0 unspecified atom stereocenters. The Morgan fingerprint density at radius 1 is 1.12 bits per heavy atom. The fourth-order valence-corrected chi connectivity index (χ4v) is 4.94. The van der Waals surface area contributed by atoms with Crippen molar-refractivity contribution >= 4 is 5.78 Å². The lowest BCUT2D eigenvalue weighted by Crippen LogP contribution is -2.57. The zero-order valence-corrected chi connectivity index (χ0v) is 11.7. The van der Waals surface area contributed by atoms with Crippen molar-refractivity contribution in [3.8, 4) is 0 Å². The first kappa shape index (κ1) is 11.7. The van der Waals surface area contributed by atoms with E-state index in [0.717, 1.165) is 6.42 Å². The summed E-state index contributed by atoms with van der Waals surface area (Å²) in [6, 6.07) is 0. The normalized spacial score (nSPS) is 56.1. The molecule has 0 radical (unpaired) electrons. The minimum Gasteiger partial charge on any atom is -0.354 e. The molecule has 2 aliphatic carbocycles. The number of carbonyl (C=O) groups excluding carboxylic acids is 1. The van der Waals surface area contributed by atoms with Gasteiger partial charge in [-0.2, -0.15) is 0 Å². The average molecular weight is 236 g/mol. The van der Waals surface area contributed by atoms with Crippen LogP contribution in [0.1, 0.15) is 60.3 Å². The minimum atomic E-state index is -0.480. The van der Waals surface area contributed by atoms with Crippen molar-refractivity contribution in [1.82, 2.24) is 0 Å². The van der Waals surface area contributed by atoms with Gasteiger partial charge in [0.05, 0.1) is 0 Å². The van der Waals surface area contributed by atoms with E-state index < -0.39 is 5.60 Å². The largest absolute Gasteiger partial charge is 0.354 e. The zero-order valence-electron chi connectivity index (χ0n) is 11.7. The summed E-state index contributed by atoms with van der Waals surface area (Å²) in [4.78, 5) is 12.3. The Hall–Kier alpha value is -0.370. The molecular formula is C15H24O2. The molecule has 3 fully saturated rings. The van der Waals surface area contributed by atoms with E-state index in [1.165, 1.54) is 19.3 Å². The molecule has 3 rings (SSSR count). The molecule has 1 saturated heterocycles. The molecular weight excluding hydrogens is 212 g/mol. The summed E-state index contributed by atoms with van der Waals surface area (Å²) < 4.78 is 5.98. The Morgan fingerprint density at radius 2 is 1.76 bits per heavy atom. The molecule has 96 valence electrons. The number of ether oxygens (including phenoxy) is 1. The van der Waals surface area contributed by atoms with Gasteiger partial charge in [0, 0.05) is 11.8 Å². The Balaban J connectivity index is 2.08. The molecule has 17 heavy (non-hydrogen) atoms. The molecule has 3 aliphatic rings. The van der Waals surface area contributed by atoms with E-state index in [1.54, 1.807) is 0 Å². The molecule has 0 aromatic carbocycles. The maximum absolute atomic E-state index is 12.3. The van der Waals surface area contributed by atoms with E-state index in [4.69, 9.17) is 4.74 Å². The number of hydrogen-bond donors (Lipinski definition) is 0.